The molecule has 4 aliphatic rings. The van der Waals surface area contributed by atoms with E-state index in [4.69, 9.17) is 10.7 Å². The molecule has 4 unspecified atom stereocenters. The van der Waals surface area contributed by atoms with Crippen LogP contribution in [-0.4, -0.2) is 53.4 Å². The van der Waals surface area contributed by atoms with Crippen molar-refractivity contribution in [3.05, 3.63) is 96.6 Å². The first-order valence-corrected chi connectivity index (χ1v) is 11.7. The van der Waals surface area contributed by atoms with Crippen LogP contribution in [0.25, 0.3) is 16.8 Å². The van der Waals surface area contributed by atoms with Crippen LogP contribution >= 0.6 is 0 Å². The molecule has 35 heavy (non-hydrogen) atoms. The average molecular weight is 465 g/mol. The molecule has 0 radical (unpaired) electrons. The lowest BCUT2D eigenvalue weighted by Gasteiger charge is -2.24. The van der Waals surface area contributed by atoms with Crippen LogP contribution in [0, 0.1) is 0 Å². The smallest absolute Gasteiger partial charge is 0.247 e. The van der Waals surface area contributed by atoms with Gasteiger partial charge in [0.25, 0.3) is 0 Å². The minimum Gasteiger partial charge on any atom is -0.382 e. The molecule has 2 aromatic heterocycles. The summed E-state index contributed by atoms with van der Waals surface area (Å²) in [6, 6.07) is 17.9. The van der Waals surface area contributed by atoms with Gasteiger partial charge in [0.2, 0.25) is 5.91 Å². The summed E-state index contributed by atoms with van der Waals surface area (Å²) in [6.45, 7) is 5.48. The molecule has 6 atom stereocenters. The van der Waals surface area contributed by atoms with E-state index in [0.717, 1.165) is 22.5 Å². The van der Waals surface area contributed by atoms with Gasteiger partial charge in [0.1, 0.15) is 40.7 Å². The maximum absolute atomic E-state index is 12.7. The number of hydrogen-bond acceptors (Lipinski definition) is 6. The summed E-state index contributed by atoms with van der Waals surface area (Å²) in [5.74, 6) is 1.07. The summed E-state index contributed by atoms with van der Waals surface area (Å²) in [4.78, 5) is 26.2. The van der Waals surface area contributed by atoms with Crippen molar-refractivity contribution >= 4 is 17.2 Å². The molecule has 174 valence electrons. The molecule has 1 amide bonds. The molecule has 6 heterocycles. The molecular weight excluding hydrogens is 440 g/mol. The summed E-state index contributed by atoms with van der Waals surface area (Å²) in [6.07, 6.45) is 5.04. The maximum Gasteiger partial charge on any atom is 0.247 e. The standard InChI is InChI=1S/C27H24N6O2/c1-3-18(34)32-22(21-23-26(32)33(21)23)25-30-19(20-24(28)29-13-14-31(20)25)15-9-11-17(12-10-15)27(2,35)16-7-5-4-6-8-16/h3-14,21-23,26,35H,1H2,2H3,(H2,28,29)/t21-,22?,23?,26+,27?,33?/m1/s1. The van der Waals surface area contributed by atoms with E-state index in [1.165, 1.54) is 6.08 Å². The SMILES string of the molecule is C=CC(=O)N1C(c2nc(-c3ccc(C(C)(O)c4ccccc4)cc3)c3c(N)nccn23)[C@@H]2C3[C@@H]1N32. The van der Waals surface area contributed by atoms with Crippen molar-refractivity contribution in [2.75, 3.05) is 5.73 Å². The lowest BCUT2D eigenvalue weighted by Crippen LogP contribution is -2.31. The van der Waals surface area contributed by atoms with E-state index < -0.39 is 5.60 Å². The number of nitrogen functional groups attached to an aromatic ring is 1. The number of aliphatic hydroxyl groups is 1. The lowest BCUT2D eigenvalue weighted by atomic mass is 9.87. The third-order valence-corrected chi connectivity index (χ3v) is 7.74. The molecule has 2 aromatic carbocycles. The van der Waals surface area contributed by atoms with Crippen LogP contribution in [0.5, 0.6) is 0 Å². The fourth-order valence-electron chi connectivity index (χ4n) is 5.81. The first kappa shape index (κ1) is 20.4. The van der Waals surface area contributed by atoms with E-state index in [1.54, 1.807) is 13.1 Å². The van der Waals surface area contributed by atoms with Crippen molar-refractivity contribution in [1.82, 2.24) is 24.2 Å². The lowest BCUT2D eigenvalue weighted by molar-refractivity contribution is -0.127. The molecule has 4 saturated heterocycles. The first-order chi connectivity index (χ1) is 16.9. The Balaban J connectivity index is 1.32. The van der Waals surface area contributed by atoms with Crippen LogP contribution < -0.4 is 5.73 Å². The molecule has 0 saturated carbocycles. The Bertz CT molecular complexity index is 1500. The summed E-state index contributed by atoms with van der Waals surface area (Å²) >= 11 is 0. The highest BCUT2D eigenvalue weighted by molar-refractivity contribution is 5.90. The second kappa shape index (κ2) is 6.78. The van der Waals surface area contributed by atoms with Gasteiger partial charge < -0.3 is 15.7 Å². The number of aromatic nitrogens is 3. The Hall–Kier alpha value is -4.01. The largest absolute Gasteiger partial charge is 0.382 e. The average Bonchev–Trinajstić information content (AvgIpc) is 3.63. The highest BCUT2D eigenvalue weighted by Crippen LogP contribution is 2.67. The topological polar surface area (TPSA) is 99.8 Å². The molecule has 4 fully saturated rings. The van der Waals surface area contributed by atoms with Crippen LogP contribution in [0.4, 0.5) is 5.82 Å². The predicted molar refractivity (Wildman–Crippen MR) is 131 cm³/mol. The summed E-state index contributed by atoms with van der Waals surface area (Å²) in [7, 11) is 0. The van der Waals surface area contributed by atoms with Crippen LogP contribution in [0.3, 0.4) is 0 Å². The minimum atomic E-state index is -1.13. The number of nitrogens with two attached hydrogens (primary N) is 1. The van der Waals surface area contributed by atoms with Crippen molar-refractivity contribution in [3.63, 3.8) is 0 Å². The van der Waals surface area contributed by atoms with Gasteiger partial charge in [-0.05, 0) is 24.1 Å². The van der Waals surface area contributed by atoms with E-state index in [9.17, 15) is 9.90 Å². The van der Waals surface area contributed by atoms with Crippen LogP contribution in [0.2, 0.25) is 0 Å². The number of nitrogens with zero attached hydrogens (tertiary/aromatic N) is 5. The number of piperazine rings is 1. The molecule has 2 bridgehead atoms. The van der Waals surface area contributed by atoms with Crippen LogP contribution in [-0.2, 0) is 10.4 Å². The Morgan fingerprint density at radius 3 is 2.49 bits per heavy atom. The van der Waals surface area contributed by atoms with Gasteiger partial charge in [-0.15, -0.1) is 0 Å². The quantitative estimate of drug-likeness (QED) is 0.348. The van der Waals surface area contributed by atoms with Gasteiger partial charge >= 0.3 is 0 Å². The normalized spacial score (nSPS) is 27.4. The number of imidazole rings is 1. The van der Waals surface area contributed by atoms with Crippen molar-refractivity contribution in [1.29, 1.82) is 0 Å². The molecule has 0 spiro atoms. The summed E-state index contributed by atoms with van der Waals surface area (Å²) in [5, 5.41) is 11.2. The molecule has 8 nitrogen and oxygen atoms in total. The van der Waals surface area contributed by atoms with E-state index in [-0.39, 0.29) is 18.1 Å². The number of rotatable bonds is 5. The van der Waals surface area contributed by atoms with E-state index in [1.807, 2.05) is 70.1 Å². The van der Waals surface area contributed by atoms with E-state index in [2.05, 4.69) is 16.5 Å². The third kappa shape index (κ3) is 2.66. The number of fused-ring (bicyclic) bond motifs is 2. The molecule has 8 rings (SSSR count). The summed E-state index contributed by atoms with van der Waals surface area (Å²) < 4.78 is 1.96. The minimum absolute atomic E-state index is 0.0830. The van der Waals surface area contributed by atoms with Crippen molar-refractivity contribution in [2.45, 2.75) is 36.8 Å². The molecule has 8 heteroatoms. The maximum atomic E-state index is 12.7. The zero-order valence-corrected chi connectivity index (χ0v) is 19.1. The van der Waals surface area contributed by atoms with Gasteiger partial charge in [-0.3, -0.25) is 14.1 Å². The Morgan fingerprint density at radius 1 is 1.11 bits per heavy atom. The van der Waals surface area contributed by atoms with E-state index >= 15 is 0 Å². The highest BCUT2D eigenvalue weighted by atomic mass is 16.3. The molecule has 3 N–H and O–H groups in total. The number of benzene rings is 2. The first-order valence-electron chi connectivity index (χ1n) is 11.7. The fourth-order valence-corrected chi connectivity index (χ4v) is 5.81. The number of amides is 1. The van der Waals surface area contributed by atoms with Crippen LogP contribution in [0.15, 0.2) is 79.6 Å². The predicted octanol–water partition coefficient (Wildman–Crippen LogP) is 2.70. The zero-order valence-electron chi connectivity index (χ0n) is 19.1. The second-order valence-electron chi connectivity index (χ2n) is 9.60. The van der Waals surface area contributed by atoms with Gasteiger partial charge in [0, 0.05) is 18.0 Å². The van der Waals surface area contributed by atoms with Crippen LogP contribution in [0.1, 0.15) is 29.9 Å². The third-order valence-electron chi connectivity index (χ3n) is 7.74. The summed E-state index contributed by atoms with van der Waals surface area (Å²) in [5.41, 5.74) is 9.08. The van der Waals surface area contributed by atoms with Gasteiger partial charge in [0.15, 0.2) is 0 Å². The Kier molecular flexibility index (Phi) is 3.94. The van der Waals surface area contributed by atoms with Crippen molar-refractivity contribution in [2.24, 2.45) is 0 Å². The van der Waals surface area contributed by atoms with Crippen molar-refractivity contribution in [3.8, 4) is 11.3 Å². The van der Waals surface area contributed by atoms with Gasteiger partial charge in [-0.25, -0.2) is 9.97 Å². The Labute approximate surface area is 201 Å². The number of anilines is 1. The monoisotopic (exact) mass is 464 g/mol. The highest BCUT2D eigenvalue weighted by Gasteiger charge is 2.84. The molecular formula is C27H24N6O2. The molecule has 4 aromatic rings. The molecule has 4 aliphatic heterocycles. The number of carbonyl (C=O) groups is 1. The van der Waals surface area contributed by atoms with Crippen molar-refractivity contribution < 1.29 is 9.90 Å². The van der Waals surface area contributed by atoms with E-state index in [0.29, 0.717) is 29.1 Å². The number of carbonyl (C=O) groups excluding carboxylic acids is 1. The van der Waals surface area contributed by atoms with Gasteiger partial charge in [-0.2, -0.15) is 0 Å². The van der Waals surface area contributed by atoms with Gasteiger partial charge in [-0.1, -0.05) is 61.2 Å². The van der Waals surface area contributed by atoms with Gasteiger partial charge in [0.05, 0.1) is 12.1 Å². The Morgan fingerprint density at radius 2 is 1.80 bits per heavy atom. The fraction of sp³-hybridized carbons (Fsp3) is 0.222. The second-order valence-corrected chi connectivity index (χ2v) is 9.60. The zero-order chi connectivity index (χ0) is 24.1. The molecule has 0 aliphatic carbocycles. The number of hydrogen-bond donors (Lipinski definition) is 2.